The molecule has 180 valence electrons. The van der Waals surface area contributed by atoms with Gasteiger partial charge in [-0.15, -0.1) is 0 Å². The third kappa shape index (κ3) is 6.48. The number of nitrogens with zero attached hydrogens (tertiary/aromatic N) is 1. The third-order valence-electron chi connectivity index (χ3n) is 5.92. The van der Waals surface area contributed by atoms with Gasteiger partial charge in [0.25, 0.3) is 0 Å². The van der Waals surface area contributed by atoms with Crippen LogP contribution in [0, 0.1) is 13.8 Å². The number of carbonyl (C=O) groups excluding carboxylic acids is 1. The van der Waals surface area contributed by atoms with Gasteiger partial charge in [0.2, 0.25) is 0 Å². The lowest BCUT2D eigenvalue weighted by atomic mass is 9.95. The number of carbonyl (C=O) groups is 1. The molecule has 0 fully saturated rings. The topological polar surface area (TPSA) is 42.7 Å². The fraction of sp³-hybridized carbons (Fsp3) is 0.483. The first kappa shape index (κ1) is 26.7. The average Bonchev–Trinajstić information content (AvgIpc) is 3.21. The minimum absolute atomic E-state index is 0.0249. The minimum atomic E-state index is 0.0249. The first-order chi connectivity index (χ1) is 16.0. The van der Waals surface area contributed by atoms with Crippen molar-refractivity contribution < 1.29 is 13.9 Å². The summed E-state index contributed by atoms with van der Waals surface area (Å²) in [5.74, 6) is 1.70. The van der Waals surface area contributed by atoms with E-state index in [0.29, 0.717) is 17.7 Å². The molecule has 0 N–H and O–H groups in total. The van der Waals surface area contributed by atoms with E-state index in [1.807, 2.05) is 64.1 Å². The Bertz CT molecular complexity index is 1010. The van der Waals surface area contributed by atoms with Gasteiger partial charge in [-0.3, -0.25) is 4.79 Å². The molecule has 1 heterocycles. The van der Waals surface area contributed by atoms with E-state index in [-0.39, 0.29) is 5.78 Å². The van der Waals surface area contributed by atoms with Crippen molar-refractivity contribution in [2.75, 3.05) is 26.2 Å². The Morgan fingerprint density at radius 2 is 1.64 bits per heavy atom. The normalized spacial score (nSPS) is 10.9. The molecule has 0 spiro atoms. The van der Waals surface area contributed by atoms with Gasteiger partial charge < -0.3 is 14.1 Å². The Morgan fingerprint density at radius 3 is 2.24 bits per heavy atom. The van der Waals surface area contributed by atoms with Crippen LogP contribution < -0.4 is 4.74 Å². The Morgan fingerprint density at radius 1 is 1.00 bits per heavy atom. The second-order valence-corrected chi connectivity index (χ2v) is 8.14. The molecular weight excluding hydrogens is 410 g/mol. The van der Waals surface area contributed by atoms with Crippen molar-refractivity contribution in [1.29, 1.82) is 0 Å². The van der Waals surface area contributed by atoms with Crippen molar-refractivity contribution in [3.05, 3.63) is 64.4 Å². The molecule has 4 heteroatoms. The van der Waals surface area contributed by atoms with Crippen molar-refractivity contribution in [3.8, 4) is 5.75 Å². The molecule has 0 bridgehead atoms. The number of ether oxygens (including phenoxy) is 1. The minimum Gasteiger partial charge on any atom is -0.492 e. The van der Waals surface area contributed by atoms with Gasteiger partial charge in [0.15, 0.2) is 5.78 Å². The summed E-state index contributed by atoms with van der Waals surface area (Å²) in [5.41, 5.74) is 4.16. The SMILES string of the molecule is CC.CCCCc1oc2ccccc2c1C(=O)c1cc(C)c(OCCN(CC)CC)c(C)c1. The van der Waals surface area contributed by atoms with Gasteiger partial charge in [-0.05, 0) is 62.7 Å². The number of likely N-dealkylation sites (N-methyl/N-ethyl adjacent to an activating group) is 1. The summed E-state index contributed by atoms with van der Waals surface area (Å²) < 4.78 is 12.2. The fourth-order valence-electron chi connectivity index (χ4n) is 4.13. The third-order valence-corrected chi connectivity index (χ3v) is 5.92. The quantitative estimate of drug-likeness (QED) is 0.285. The number of para-hydroxylation sites is 1. The molecule has 4 nitrogen and oxygen atoms in total. The van der Waals surface area contributed by atoms with Crippen LogP contribution in [0.2, 0.25) is 0 Å². The van der Waals surface area contributed by atoms with Crippen molar-refractivity contribution >= 4 is 16.8 Å². The van der Waals surface area contributed by atoms with Gasteiger partial charge in [0, 0.05) is 23.9 Å². The lowest BCUT2D eigenvalue weighted by molar-refractivity contribution is 0.103. The van der Waals surface area contributed by atoms with Crippen LogP contribution >= 0.6 is 0 Å². The van der Waals surface area contributed by atoms with Crippen LogP contribution in [0.5, 0.6) is 5.75 Å². The molecule has 0 atom stereocenters. The molecular formula is C29H41NO3. The van der Waals surface area contributed by atoms with Crippen molar-refractivity contribution in [2.45, 2.75) is 67.7 Å². The van der Waals surface area contributed by atoms with Crippen LogP contribution in [0.25, 0.3) is 11.0 Å². The highest BCUT2D eigenvalue weighted by Crippen LogP contribution is 2.32. The van der Waals surface area contributed by atoms with E-state index in [4.69, 9.17) is 9.15 Å². The molecule has 0 aliphatic heterocycles. The molecule has 3 aromatic rings. The number of rotatable bonds is 11. The zero-order chi connectivity index (χ0) is 24.4. The Labute approximate surface area is 199 Å². The predicted molar refractivity (Wildman–Crippen MR) is 139 cm³/mol. The average molecular weight is 452 g/mol. The van der Waals surface area contributed by atoms with Gasteiger partial charge in [0.05, 0.1) is 5.56 Å². The van der Waals surface area contributed by atoms with Gasteiger partial charge >= 0.3 is 0 Å². The molecule has 0 amide bonds. The van der Waals surface area contributed by atoms with E-state index >= 15 is 0 Å². The second kappa shape index (κ2) is 13.2. The summed E-state index contributed by atoms with van der Waals surface area (Å²) in [7, 11) is 0. The molecule has 1 aromatic heterocycles. The van der Waals surface area contributed by atoms with E-state index in [1.165, 1.54) is 0 Å². The molecule has 0 aliphatic carbocycles. The summed E-state index contributed by atoms with van der Waals surface area (Å²) in [6.07, 6.45) is 2.83. The molecule has 33 heavy (non-hydrogen) atoms. The number of aryl methyl sites for hydroxylation is 3. The molecule has 0 saturated heterocycles. The van der Waals surface area contributed by atoms with Crippen LogP contribution in [-0.4, -0.2) is 36.9 Å². The maximum Gasteiger partial charge on any atom is 0.197 e. The van der Waals surface area contributed by atoms with Gasteiger partial charge in [-0.25, -0.2) is 0 Å². The highest BCUT2D eigenvalue weighted by atomic mass is 16.5. The zero-order valence-corrected chi connectivity index (χ0v) is 21.6. The number of benzene rings is 2. The fourth-order valence-corrected chi connectivity index (χ4v) is 4.13. The molecule has 0 unspecified atom stereocenters. The summed E-state index contributed by atoms with van der Waals surface area (Å²) in [5, 5.41) is 0.897. The Balaban J connectivity index is 0.00000187. The van der Waals surface area contributed by atoms with Crippen molar-refractivity contribution in [1.82, 2.24) is 4.90 Å². The number of hydrogen-bond donors (Lipinski definition) is 0. The first-order valence-corrected chi connectivity index (χ1v) is 12.5. The van der Waals surface area contributed by atoms with Gasteiger partial charge in [0.1, 0.15) is 23.7 Å². The molecule has 3 rings (SSSR count). The Kier molecular flexibility index (Phi) is 10.7. The van der Waals surface area contributed by atoms with E-state index in [0.717, 1.165) is 72.5 Å². The maximum atomic E-state index is 13.6. The molecule has 0 aliphatic rings. The van der Waals surface area contributed by atoms with Crippen LogP contribution in [0.1, 0.15) is 80.3 Å². The standard InChI is InChI=1S/C27H35NO3.C2H6/c1-6-9-13-24-25(22-12-10-11-14-23(22)31-24)26(29)21-17-19(4)27(20(5)18-21)30-16-15-28(7-2)8-3;1-2/h10-12,14,17-18H,6-9,13,15-16H2,1-5H3;1-2H3. The van der Waals surface area contributed by atoms with E-state index < -0.39 is 0 Å². The highest BCUT2D eigenvalue weighted by molar-refractivity contribution is 6.17. The number of ketones is 1. The lowest BCUT2D eigenvalue weighted by Crippen LogP contribution is -2.28. The number of hydrogen-bond acceptors (Lipinski definition) is 4. The molecule has 0 radical (unpaired) electrons. The number of fused-ring (bicyclic) bond motifs is 1. The van der Waals surface area contributed by atoms with Gasteiger partial charge in [-0.1, -0.05) is 59.2 Å². The largest absolute Gasteiger partial charge is 0.492 e. The lowest BCUT2D eigenvalue weighted by Gasteiger charge is -2.19. The summed E-state index contributed by atoms with van der Waals surface area (Å²) in [4.78, 5) is 15.9. The van der Waals surface area contributed by atoms with Gasteiger partial charge in [-0.2, -0.15) is 0 Å². The van der Waals surface area contributed by atoms with Crippen LogP contribution in [-0.2, 0) is 6.42 Å². The first-order valence-electron chi connectivity index (χ1n) is 12.5. The van der Waals surface area contributed by atoms with E-state index in [1.54, 1.807) is 0 Å². The Hall–Kier alpha value is -2.59. The smallest absolute Gasteiger partial charge is 0.197 e. The van der Waals surface area contributed by atoms with Crippen molar-refractivity contribution in [2.24, 2.45) is 0 Å². The summed E-state index contributed by atoms with van der Waals surface area (Å²) in [6, 6.07) is 11.7. The van der Waals surface area contributed by atoms with E-state index in [9.17, 15) is 4.79 Å². The predicted octanol–water partition coefficient (Wildman–Crippen LogP) is 7.37. The van der Waals surface area contributed by atoms with Crippen LogP contribution in [0.15, 0.2) is 40.8 Å². The molecule has 2 aromatic carbocycles. The second-order valence-electron chi connectivity index (χ2n) is 8.14. The number of furan rings is 1. The maximum absolute atomic E-state index is 13.6. The zero-order valence-electron chi connectivity index (χ0n) is 21.6. The highest BCUT2D eigenvalue weighted by Gasteiger charge is 2.23. The summed E-state index contributed by atoms with van der Waals surface area (Å²) in [6.45, 7) is 18.1. The number of unbranched alkanes of at least 4 members (excludes halogenated alkanes) is 1. The van der Waals surface area contributed by atoms with Crippen LogP contribution in [0.4, 0.5) is 0 Å². The summed E-state index contributed by atoms with van der Waals surface area (Å²) >= 11 is 0. The van der Waals surface area contributed by atoms with Crippen LogP contribution in [0.3, 0.4) is 0 Å². The van der Waals surface area contributed by atoms with Crippen molar-refractivity contribution in [3.63, 3.8) is 0 Å². The van der Waals surface area contributed by atoms with E-state index in [2.05, 4.69) is 25.7 Å². The monoisotopic (exact) mass is 451 g/mol. The molecule has 0 saturated carbocycles.